The maximum atomic E-state index is 11.8. The number of hydrogen-bond acceptors (Lipinski definition) is 6. The number of hydrogen-bond donors (Lipinski definition) is 5. The molecule has 0 aliphatic carbocycles. The quantitative estimate of drug-likeness (QED) is 0.433. The molecular weight excluding hydrogens is 264 g/mol. The Hall–Kier alpha value is -1.74. The molecule has 5 N–H and O–H groups in total. The third-order valence-corrected chi connectivity index (χ3v) is 3.82. The van der Waals surface area contributed by atoms with Gasteiger partial charge in [-0.1, -0.05) is 0 Å². The van der Waals surface area contributed by atoms with Crippen LogP contribution in [0.4, 0.5) is 0 Å². The van der Waals surface area contributed by atoms with E-state index in [2.05, 4.69) is 15.3 Å². The lowest BCUT2D eigenvalue weighted by Crippen LogP contribution is -2.35. The van der Waals surface area contributed by atoms with Crippen LogP contribution >= 0.6 is 0 Å². The van der Waals surface area contributed by atoms with Gasteiger partial charge in [-0.25, -0.2) is 4.98 Å². The van der Waals surface area contributed by atoms with Crippen LogP contribution < -0.4 is 10.9 Å². The van der Waals surface area contributed by atoms with Crippen LogP contribution in [0.2, 0.25) is 0 Å². The van der Waals surface area contributed by atoms with E-state index in [0.717, 1.165) is 0 Å². The van der Waals surface area contributed by atoms with Crippen LogP contribution in [0, 0.1) is 0 Å². The van der Waals surface area contributed by atoms with E-state index in [1.54, 1.807) is 17.8 Å². The van der Waals surface area contributed by atoms with Crippen molar-refractivity contribution < 1.29 is 15.3 Å². The van der Waals surface area contributed by atoms with Crippen LogP contribution in [0.1, 0.15) is 11.6 Å². The fourth-order valence-electron chi connectivity index (χ4n) is 2.79. The van der Waals surface area contributed by atoms with Gasteiger partial charge in [0.25, 0.3) is 5.56 Å². The van der Waals surface area contributed by atoms with E-state index in [1.165, 1.54) is 6.33 Å². The summed E-state index contributed by atoms with van der Waals surface area (Å²) < 4.78 is 1.63. The molecule has 3 rings (SSSR count). The fourth-order valence-corrected chi connectivity index (χ4v) is 2.79. The molecule has 20 heavy (non-hydrogen) atoms. The van der Waals surface area contributed by atoms with Gasteiger partial charge in [-0.15, -0.1) is 0 Å². The molecule has 0 aromatic carbocycles. The molecule has 1 saturated heterocycles. The number of aromatic amines is 1. The largest absolute Gasteiger partial charge is 0.395 e. The zero-order valence-electron chi connectivity index (χ0n) is 10.8. The summed E-state index contributed by atoms with van der Waals surface area (Å²) in [6.45, 7) is -0.284. The van der Waals surface area contributed by atoms with Gasteiger partial charge in [-0.05, 0) is 0 Å². The highest BCUT2D eigenvalue weighted by Gasteiger charge is 2.42. The van der Waals surface area contributed by atoms with E-state index in [1.807, 2.05) is 0 Å². The summed E-state index contributed by atoms with van der Waals surface area (Å²) in [6.07, 6.45) is 0.858. The van der Waals surface area contributed by atoms with E-state index in [4.69, 9.17) is 0 Å². The molecule has 1 fully saturated rings. The summed E-state index contributed by atoms with van der Waals surface area (Å²) in [5, 5.41) is 32.1. The topological polar surface area (TPSA) is 123 Å². The van der Waals surface area contributed by atoms with Gasteiger partial charge in [0.05, 0.1) is 31.1 Å². The van der Waals surface area contributed by atoms with Gasteiger partial charge in [-0.3, -0.25) is 4.79 Å². The molecule has 0 bridgehead atoms. The Balaban J connectivity index is 2.12. The number of aliphatic hydroxyl groups excluding tert-OH is 3. The molecule has 2 aromatic heterocycles. The molecule has 108 valence electrons. The van der Waals surface area contributed by atoms with Crippen molar-refractivity contribution in [2.75, 3.05) is 6.61 Å². The van der Waals surface area contributed by atoms with Crippen molar-refractivity contribution in [2.45, 2.75) is 24.3 Å². The Kier molecular flexibility index (Phi) is 3.09. The molecule has 0 amide bonds. The number of aliphatic hydroxyl groups is 3. The molecule has 8 nitrogen and oxygen atoms in total. The van der Waals surface area contributed by atoms with Crippen molar-refractivity contribution in [3.63, 3.8) is 0 Å². The molecule has 2 aromatic rings. The van der Waals surface area contributed by atoms with Gasteiger partial charge in [0.15, 0.2) is 0 Å². The minimum atomic E-state index is -1.07. The van der Waals surface area contributed by atoms with Gasteiger partial charge < -0.3 is 30.2 Å². The number of nitrogens with one attached hydrogen (secondary N) is 2. The summed E-state index contributed by atoms with van der Waals surface area (Å²) in [5.41, 5.74) is 1.23. The van der Waals surface area contributed by atoms with E-state index in [0.29, 0.717) is 16.6 Å². The van der Waals surface area contributed by atoms with Crippen molar-refractivity contribution in [2.24, 2.45) is 7.05 Å². The van der Waals surface area contributed by atoms with Gasteiger partial charge >= 0.3 is 0 Å². The first-order valence-electron chi connectivity index (χ1n) is 6.30. The molecular formula is C12H16N4O4. The smallest absolute Gasteiger partial charge is 0.275 e. The standard InChI is InChI=1S/C12H16N4O4/c1-16-2-5(7-9(16)12(20)14-4-13-7)8-11(19)10(18)6(3-17)15-8/h2,4,6,8,10-11,15,17-19H,3H2,1H3,(H,13,14,20)/t6-,8+,10+,11?/m1/s1. The lowest BCUT2D eigenvalue weighted by atomic mass is 10.0. The Bertz CT molecular complexity index is 694. The van der Waals surface area contributed by atoms with Gasteiger partial charge in [0, 0.05) is 18.8 Å². The minimum absolute atomic E-state index is 0.268. The van der Waals surface area contributed by atoms with Crippen LogP contribution in [0.25, 0.3) is 11.0 Å². The molecule has 8 heteroatoms. The highest BCUT2D eigenvalue weighted by Crippen LogP contribution is 2.31. The molecule has 4 atom stereocenters. The second-order valence-corrected chi connectivity index (χ2v) is 5.04. The van der Waals surface area contributed by atoms with Crippen molar-refractivity contribution in [1.29, 1.82) is 0 Å². The van der Waals surface area contributed by atoms with Crippen LogP contribution in [0.15, 0.2) is 17.3 Å². The molecule has 0 spiro atoms. The van der Waals surface area contributed by atoms with E-state index < -0.39 is 24.3 Å². The zero-order chi connectivity index (χ0) is 14.4. The summed E-state index contributed by atoms with van der Waals surface area (Å²) >= 11 is 0. The fraction of sp³-hybridized carbons (Fsp3) is 0.500. The maximum absolute atomic E-state index is 11.8. The van der Waals surface area contributed by atoms with Crippen LogP contribution in [0.3, 0.4) is 0 Å². The van der Waals surface area contributed by atoms with Crippen molar-refractivity contribution in [3.05, 3.63) is 28.4 Å². The molecule has 1 aliphatic rings. The second kappa shape index (κ2) is 4.67. The number of fused-ring (bicyclic) bond motifs is 1. The Morgan fingerprint density at radius 2 is 2.15 bits per heavy atom. The maximum Gasteiger partial charge on any atom is 0.275 e. The highest BCUT2D eigenvalue weighted by atomic mass is 16.3. The number of H-pyrrole nitrogens is 1. The monoisotopic (exact) mass is 280 g/mol. The Labute approximate surface area is 113 Å². The first-order chi connectivity index (χ1) is 9.54. The van der Waals surface area contributed by atoms with Gasteiger partial charge in [-0.2, -0.15) is 0 Å². The number of aryl methyl sites for hydroxylation is 1. The molecule has 3 heterocycles. The third-order valence-electron chi connectivity index (χ3n) is 3.82. The predicted molar refractivity (Wildman–Crippen MR) is 70.1 cm³/mol. The van der Waals surface area contributed by atoms with Crippen molar-refractivity contribution in [3.8, 4) is 0 Å². The molecule has 1 unspecified atom stereocenters. The zero-order valence-corrected chi connectivity index (χ0v) is 10.8. The Morgan fingerprint density at radius 1 is 1.40 bits per heavy atom. The summed E-state index contributed by atoms with van der Waals surface area (Å²) in [7, 11) is 1.71. The van der Waals surface area contributed by atoms with Crippen molar-refractivity contribution in [1.82, 2.24) is 19.9 Å². The van der Waals surface area contributed by atoms with Crippen LogP contribution in [-0.4, -0.2) is 54.7 Å². The van der Waals surface area contributed by atoms with Crippen LogP contribution in [-0.2, 0) is 7.05 Å². The second-order valence-electron chi connectivity index (χ2n) is 5.04. The average molecular weight is 280 g/mol. The summed E-state index contributed by atoms with van der Waals surface area (Å²) in [4.78, 5) is 18.5. The first-order valence-corrected chi connectivity index (χ1v) is 6.30. The van der Waals surface area contributed by atoms with E-state index in [9.17, 15) is 20.1 Å². The SMILES string of the molecule is Cn1cc([C@@H]2N[C@H](CO)[C@H](O)C2O)c2nc[nH]c(=O)c21. The third kappa shape index (κ3) is 1.77. The molecule has 0 radical (unpaired) electrons. The van der Waals surface area contributed by atoms with Gasteiger partial charge in [0.1, 0.15) is 17.1 Å². The normalized spacial score (nSPS) is 30.2. The summed E-state index contributed by atoms with van der Waals surface area (Å²) in [6, 6.07) is -1.19. The predicted octanol–water partition coefficient (Wildman–Crippen LogP) is -2.01. The number of nitrogens with zero attached hydrogens (tertiary/aromatic N) is 2. The average Bonchev–Trinajstić information content (AvgIpc) is 2.90. The number of rotatable bonds is 2. The number of aromatic nitrogens is 3. The summed E-state index contributed by atoms with van der Waals surface area (Å²) in [5.74, 6) is 0. The molecule has 0 saturated carbocycles. The van der Waals surface area contributed by atoms with Gasteiger partial charge in [0.2, 0.25) is 0 Å². The lowest BCUT2D eigenvalue weighted by Gasteiger charge is -2.14. The van der Waals surface area contributed by atoms with Crippen LogP contribution in [0.5, 0.6) is 0 Å². The Morgan fingerprint density at radius 3 is 2.80 bits per heavy atom. The molecule has 1 aliphatic heterocycles. The van der Waals surface area contributed by atoms with E-state index >= 15 is 0 Å². The van der Waals surface area contributed by atoms with E-state index in [-0.39, 0.29) is 12.2 Å². The first kappa shape index (κ1) is 13.3. The minimum Gasteiger partial charge on any atom is -0.395 e. The lowest BCUT2D eigenvalue weighted by molar-refractivity contribution is 0.0195. The highest BCUT2D eigenvalue weighted by molar-refractivity contribution is 5.79. The van der Waals surface area contributed by atoms with Crippen molar-refractivity contribution >= 4 is 11.0 Å².